The molecule has 7 rings (SSSR count). The Bertz CT molecular complexity index is 1460. The van der Waals surface area contributed by atoms with E-state index in [1.165, 1.54) is 44.1 Å². The summed E-state index contributed by atoms with van der Waals surface area (Å²) in [4.78, 5) is 39.6. The largest absolute Gasteiger partial charge is 0.493 e. The van der Waals surface area contributed by atoms with Gasteiger partial charge in [0.25, 0.3) is 11.5 Å². The number of aromatic hydroxyl groups is 1. The zero-order valence-electron chi connectivity index (χ0n) is 20.7. The minimum atomic E-state index is -0.794. The van der Waals surface area contributed by atoms with E-state index in [4.69, 9.17) is 0 Å². The van der Waals surface area contributed by atoms with Gasteiger partial charge in [-0.2, -0.15) is 5.10 Å². The molecule has 3 aromatic rings. The predicted molar refractivity (Wildman–Crippen MR) is 140 cm³/mol. The van der Waals surface area contributed by atoms with Crippen molar-refractivity contribution in [2.75, 3.05) is 0 Å². The van der Waals surface area contributed by atoms with E-state index in [1.54, 1.807) is 24.3 Å². The number of carbonyl (C=O) groups excluding carboxylic acids is 1. The number of hydrogen-bond donors (Lipinski definition) is 3. The van der Waals surface area contributed by atoms with Crippen molar-refractivity contribution in [3.8, 4) is 11.6 Å². The zero-order valence-corrected chi connectivity index (χ0v) is 20.7. The second kappa shape index (κ2) is 8.87. The number of hydrogen-bond acceptors (Lipinski definition) is 5. The smallest absolute Gasteiger partial charge is 0.335 e. The molecule has 4 aliphatic rings. The highest BCUT2D eigenvalue weighted by Crippen LogP contribution is 2.60. The fourth-order valence-electron chi connectivity index (χ4n) is 7.25. The van der Waals surface area contributed by atoms with Crippen molar-refractivity contribution in [2.24, 2.45) is 22.9 Å². The van der Waals surface area contributed by atoms with Crippen molar-refractivity contribution < 1.29 is 9.90 Å². The predicted octanol–water partition coefficient (Wildman–Crippen LogP) is 3.77. The van der Waals surface area contributed by atoms with Gasteiger partial charge in [-0.1, -0.05) is 29.8 Å². The number of carbonyl (C=O) groups is 1. The van der Waals surface area contributed by atoms with Gasteiger partial charge < -0.3 is 5.11 Å². The molecule has 4 saturated carbocycles. The average molecular weight is 499 g/mol. The van der Waals surface area contributed by atoms with Crippen molar-refractivity contribution in [3.05, 3.63) is 91.6 Å². The van der Waals surface area contributed by atoms with Gasteiger partial charge in [-0.15, -0.1) is 0 Å². The first-order valence-corrected chi connectivity index (χ1v) is 12.9. The van der Waals surface area contributed by atoms with Crippen LogP contribution in [0.1, 0.15) is 65.6 Å². The zero-order chi connectivity index (χ0) is 25.7. The molecule has 8 nitrogen and oxygen atoms in total. The quantitative estimate of drug-likeness (QED) is 0.367. The Kier molecular flexibility index (Phi) is 5.62. The van der Waals surface area contributed by atoms with E-state index < -0.39 is 23.0 Å². The molecule has 8 heteroatoms. The molecule has 1 heterocycles. The lowest BCUT2D eigenvalue weighted by atomic mass is 9.48. The lowest BCUT2D eigenvalue weighted by Crippen LogP contribution is -2.48. The molecule has 0 saturated heterocycles. The van der Waals surface area contributed by atoms with Crippen LogP contribution in [0, 0.1) is 24.7 Å². The number of nitrogens with zero attached hydrogens (tertiary/aromatic N) is 2. The molecule has 4 bridgehead atoms. The second-order valence-corrected chi connectivity index (χ2v) is 11.1. The number of rotatable bonds is 5. The highest BCUT2D eigenvalue weighted by molar-refractivity contribution is 5.95. The molecule has 1 aromatic heterocycles. The first-order chi connectivity index (χ1) is 17.8. The van der Waals surface area contributed by atoms with Crippen LogP contribution < -0.4 is 16.7 Å². The Morgan fingerprint density at radius 1 is 1.00 bits per heavy atom. The normalized spacial score (nSPS) is 26.0. The molecule has 0 atom stereocenters. The van der Waals surface area contributed by atoms with E-state index >= 15 is 0 Å². The Labute approximate surface area is 214 Å². The molecular weight excluding hydrogens is 468 g/mol. The number of aromatic amines is 1. The summed E-state index contributed by atoms with van der Waals surface area (Å²) in [5, 5.41) is 14.7. The van der Waals surface area contributed by atoms with Gasteiger partial charge in [0.2, 0.25) is 5.88 Å². The van der Waals surface area contributed by atoms with Crippen LogP contribution in [0.2, 0.25) is 0 Å². The molecule has 3 N–H and O–H groups in total. The molecule has 0 unspecified atom stereocenters. The van der Waals surface area contributed by atoms with Crippen LogP contribution in [0.4, 0.5) is 0 Å². The van der Waals surface area contributed by atoms with Crippen molar-refractivity contribution in [1.29, 1.82) is 0 Å². The number of benzene rings is 2. The fourth-order valence-corrected chi connectivity index (χ4v) is 7.25. The summed E-state index contributed by atoms with van der Waals surface area (Å²) in [6.07, 6.45) is 8.85. The monoisotopic (exact) mass is 498 g/mol. The molecule has 190 valence electrons. The third kappa shape index (κ3) is 4.20. The molecule has 1 amide bonds. The Morgan fingerprint density at radius 3 is 2.19 bits per heavy atom. The second-order valence-electron chi connectivity index (χ2n) is 11.1. The van der Waals surface area contributed by atoms with E-state index in [1.807, 2.05) is 19.1 Å². The average Bonchev–Trinajstić information content (AvgIpc) is 2.86. The van der Waals surface area contributed by atoms with Crippen molar-refractivity contribution in [1.82, 2.24) is 15.0 Å². The summed E-state index contributed by atoms with van der Waals surface area (Å²) in [7, 11) is 0. The number of amides is 1. The highest BCUT2D eigenvalue weighted by atomic mass is 16.3. The number of H-pyrrole nitrogens is 1. The topological polar surface area (TPSA) is 117 Å². The third-order valence-electron chi connectivity index (χ3n) is 8.57. The van der Waals surface area contributed by atoms with E-state index in [9.17, 15) is 19.5 Å². The van der Waals surface area contributed by atoms with Crippen LogP contribution in [0.3, 0.4) is 0 Å². The minimum Gasteiger partial charge on any atom is -0.493 e. The van der Waals surface area contributed by atoms with E-state index in [2.05, 4.69) is 27.6 Å². The highest BCUT2D eigenvalue weighted by Gasteiger charge is 2.51. The van der Waals surface area contributed by atoms with Crippen LogP contribution in [0.25, 0.3) is 5.69 Å². The third-order valence-corrected chi connectivity index (χ3v) is 8.57. The van der Waals surface area contributed by atoms with Gasteiger partial charge in [-0.25, -0.2) is 14.8 Å². The summed E-state index contributed by atoms with van der Waals surface area (Å²) in [6.45, 7) is 1.92. The molecule has 0 spiro atoms. The molecule has 4 aliphatic carbocycles. The van der Waals surface area contributed by atoms with Crippen LogP contribution >= 0.6 is 0 Å². The van der Waals surface area contributed by atoms with Gasteiger partial charge in [0, 0.05) is 5.56 Å². The first kappa shape index (κ1) is 23.5. The minimum absolute atomic E-state index is 0.221. The molecule has 0 aliphatic heterocycles. The van der Waals surface area contributed by atoms with Crippen LogP contribution in [0.5, 0.6) is 5.88 Å². The summed E-state index contributed by atoms with van der Waals surface area (Å²) < 4.78 is 1.05. The van der Waals surface area contributed by atoms with Crippen molar-refractivity contribution in [3.63, 3.8) is 0 Å². The first-order valence-electron chi connectivity index (χ1n) is 12.9. The molecule has 0 radical (unpaired) electrons. The van der Waals surface area contributed by atoms with Crippen LogP contribution in [-0.2, 0) is 5.41 Å². The maximum absolute atomic E-state index is 12.6. The fraction of sp³-hybridized carbons (Fsp3) is 0.379. The lowest BCUT2D eigenvalue weighted by Gasteiger charge is -2.57. The number of aromatic nitrogens is 2. The number of nitrogens with one attached hydrogen (secondary N) is 2. The summed E-state index contributed by atoms with van der Waals surface area (Å²) in [5.41, 5.74) is 3.97. The summed E-state index contributed by atoms with van der Waals surface area (Å²) >= 11 is 0. The molecule has 37 heavy (non-hydrogen) atoms. The Morgan fingerprint density at radius 2 is 1.59 bits per heavy atom. The van der Waals surface area contributed by atoms with Gasteiger partial charge in [0.05, 0.1) is 11.9 Å². The van der Waals surface area contributed by atoms with Gasteiger partial charge in [-0.05, 0) is 98.4 Å². The van der Waals surface area contributed by atoms with Crippen molar-refractivity contribution in [2.45, 2.75) is 50.9 Å². The van der Waals surface area contributed by atoms with E-state index in [0.29, 0.717) is 11.3 Å². The molecule has 2 aromatic carbocycles. The number of aryl methyl sites for hydroxylation is 1. The standard InChI is InChI=1S/C29H30N4O4/c1-17-2-4-21(5-3-17)25(34)32-30-16-24-26(35)31-28(37)33(27(24)36)23-8-6-22(7-9-23)29-13-18-10-19(14-29)12-20(11-18)15-29/h2-9,16,18-20,36H,10-15H2,1H3,(H,32,34)(H,31,35,37). The number of hydrazone groups is 1. The van der Waals surface area contributed by atoms with Gasteiger partial charge in [-0.3, -0.25) is 14.6 Å². The van der Waals surface area contributed by atoms with Crippen LogP contribution in [0.15, 0.2) is 63.2 Å². The van der Waals surface area contributed by atoms with Crippen molar-refractivity contribution >= 4 is 12.1 Å². The Hall–Kier alpha value is -3.94. The van der Waals surface area contributed by atoms with Gasteiger partial charge >= 0.3 is 5.69 Å². The summed E-state index contributed by atoms with van der Waals surface area (Å²) in [6, 6.07) is 14.7. The molecule has 4 fully saturated rings. The molecular formula is C29H30N4O4. The van der Waals surface area contributed by atoms with Gasteiger partial charge in [0.15, 0.2) is 0 Å². The van der Waals surface area contributed by atoms with E-state index in [0.717, 1.165) is 34.1 Å². The SMILES string of the molecule is Cc1ccc(C(=O)NN=Cc2c(O)n(-c3ccc(C45CC6CC(CC(C6)C4)C5)cc3)c(=O)[nH]c2=O)cc1. The van der Waals surface area contributed by atoms with E-state index in [-0.39, 0.29) is 11.0 Å². The summed E-state index contributed by atoms with van der Waals surface area (Å²) in [5.74, 6) is 1.48. The Balaban J connectivity index is 1.26. The lowest BCUT2D eigenvalue weighted by molar-refractivity contribution is -0.00518. The van der Waals surface area contributed by atoms with Gasteiger partial charge in [0.1, 0.15) is 5.56 Å². The maximum atomic E-state index is 12.6. The maximum Gasteiger partial charge on any atom is 0.335 e. The van der Waals surface area contributed by atoms with Crippen LogP contribution in [-0.4, -0.2) is 26.8 Å².